The van der Waals surface area contributed by atoms with Gasteiger partial charge in [-0.25, -0.2) is 9.50 Å². The summed E-state index contributed by atoms with van der Waals surface area (Å²) >= 11 is 1.66. The Bertz CT molecular complexity index is 1410. The van der Waals surface area contributed by atoms with Crippen LogP contribution in [0, 0.1) is 11.8 Å². The van der Waals surface area contributed by atoms with Gasteiger partial charge in [-0.05, 0) is 23.4 Å². The van der Waals surface area contributed by atoms with Crippen LogP contribution in [-0.2, 0) is 14.1 Å². The lowest BCUT2D eigenvalue weighted by molar-refractivity contribution is 0.417. The number of aromatic nitrogens is 6. The van der Waals surface area contributed by atoms with Gasteiger partial charge in [-0.15, -0.1) is 11.3 Å². The number of thiophene rings is 1. The lowest BCUT2D eigenvalue weighted by Gasteiger charge is -2.06. The molecule has 0 atom stereocenters. The maximum atomic E-state index is 5.65. The topological polar surface area (TPSA) is 62.2 Å². The van der Waals surface area contributed by atoms with Crippen LogP contribution < -0.4 is 4.74 Å². The van der Waals surface area contributed by atoms with Crippen molar-refractivity contribution in [2.45, 2.75) is 0 Å². The number of rotatable bonds is 3. The van der Waals surface area contributed by atoms with Crippen molar-refractivity contribution in [2.24, 2.45) is 14.1 Å². The largest absolute Gasteiger partial charge is 0.494 e. The number of imidazole rings is 1. The first kappa shape index (κ1) is 18.2. The fraction of sp³-hybridized carbons (Fsp3) is 0.136. The molecule has 5 heterocycles. The third-order valence-electron chi connectivity index (χ3n) is 4.89. The molecule has 0 aliphatic rings. The summed E-state index contributed by atoms with van der Waals surface area (Å²) in [5, 5.41) is 10.8. The summed E-state index contributed by atoms with van der Waals surface area (Å²) in [5.74, 6) is 8.08. The van der Waals surface area contributed by atoms with Crippen LogP contribution in [-0.4, -0.2) is 36.1 Å². The molecule has 0 aliphatic carbocycles. The maximum Gasteiger partial charge on any atom is 0.150 e. The van der Waals surface area contributed by atoms with Gasteiger partial charge in [-0.3, -0.25) is 4.68 Å². The van der Waals surface area contributed by atoms with Gasteiger partial charge < -0.3 is 9.30 Å². The highest BCUT2D eigenvalue weighted by atomic mass is 32.1. The number of aryl methyl sites for hydroxylation is 1. The van der Waals surface area contributed by atoms with E-state index in [1.165, 1.54) is 0 Å². The van der Waals surface area contributed by atoms with Crippen LogP contribution >= 0.6 is 11.3 Å². The van der Waals surface area contributed by atoms with E-state index in [1.807, 2.05) is 54.8 Å². The van der Waals surface area contributed by atoms with Gasteiger partial charge in [0, 0.05) is 37.6 Å². The van der Waals surface area contributed by atoms with E-state index < -0.39 is 0 Å². The van der Waals surface area contributed by atoms with Crippen molar-refractivity contribution in [2.75, 3.05) is 7.11 Å². The summed E-state index contributed by atoms with van der Waals surface area (Å²) in [6.07, 6.45) is 9.29. The smallest absolute Gasteiger partial charge is 0.150 e. The predicted molar refractivity (Wildman–Crippen MR) is 116 cm³/mol. The number of ether oxygens (including phenoxy) is 1. The molecule has 0 saturated heterocycles. The van der Waals surface area contributed by atoms with Gasteiger partial charge >= 0.3 is 0 Å². The van der Waals surface area contributed by atoms with Gasteiger partial charge in [0.2, 0.25) is 0 Å². The van der Waals surface area contributed by atoms with E-state index in [4.69, 9.17) is 4.74 Å². The molecule has 0 spiro atoms. The number of hydrogen-bond donors (Lipinski definition) is 0. The standard InChI is InChI=1S/C22H18N6OS/c1-26-13-17(11-24-26)16-9-19(29-3)21-15(10-25-28(21)14-16)6-7-18-12-23-22(27(18)2)20-5-4-8-30-20/h4-5,8-14H,1-3H3. The summed E-state index contributed by atoms with van der Waals surface area (Å²) in [5.41, 5.74) is 4.43. The summed E-state index contributed by atoms with van der Waals surface area (Å²) in [7, 11) is 5.52. The Morgan fingerprint density at radius 3 is 2.67 bits per heavy atom. The van der Waals surface area contributed by atoms with Crippen molar-refractivity contribution in [3.05, 3.63) is 65.8 Å². The SMILES string of the molecule is COc1cc(-c2cnn(C)c2)cn2ncc(C#Cc3cnc(-c4cccs4)n3C)c12. The molecule has 148 valence electrons. The van der Waals surface area contributed by atoms with Crippen molar-refractivity contribution in [1.82, 2.24) is 28.9 Å². The number of methoxy groups -OCH3 is 1. The second-order valence-corrected chi connectivity index (χ2v) is 7.75. The van der Waals surface area contributed by atoms with Gasteiger partial charge in [0.05, 0.1) is 36.1 Å². The second-order valence-electron chi connectivity index (χ2n) is 6.80. The van der Waals surface area contributed by atoms with Crippen LogP contribution in [0.5, 0.6) is 5.75 Å². The van der Waals surface area contributed by atoms with Gasteiger partial charge in [0.25, 0.3) is 0 Å². The van der Waals surface area contributed by atoms with E-state index in [0.717, 1.165) is 38.6 Å². The summed E-state index contributed by atoms with van der Waals surface area (Å²) in [6.45, 7) is 0. The molecule has 5 rings (SSSR count). The number of nitrogens with zero attached hydrogens (tertiary/aromatic N) is 6. The molecule has 0 N–H and O–H groups in total. The molecule has 5 aromatic heterocycles. The zero-order valence-corrected chi connectivity index (χ0v) is 17.5. The quantitative estimate of drug-likeness (QED) is 0.423. The minimum absolute atomic E-state index is 0.711. The molecular weight excluding hydrogens is 396 g/mol. The van der Waals surface area contributed by atoms with Crippen LogP contribution in [0.1, 0.15) is 11.3 Å². The van der Waals surface area contributed by atoms with Crippen LogP contribution in [0.25, 0.3) is 27.3 Å². The first-order valence-corrected chi connectivity index (χ1v) is 10.1. The molecule has 8 heteroatoms. The van der Waals surface area contributed by atoms with E-state index in [1.54, 1.807) is 40.0 Å². The normalized spacial score (nSPS) is 10.9. The van der Waals surface area contributed by atoms with Crippen LogP contribution in [0.2, 0.25) is 0 Å². The highest BCUT2D eigenvalue weighted by Crippen LogP contribution is 2.29. The third kappa shape index (κ3) is 3.06. The Morgan fingerprint density at radius 1 is 1.03 bits per heavy atom. The van der Waals surface area contributed by atoms with Gasteiger partial charge in [-0.2, -0.15) is 10.2 Å². The molecule has 30 heavy (non-hydrogen) atoms. The third-order valence-corrected chi connectivity index (χ3v) is 5.76. The summed E-state index contributed by atoms with van der Waals surface area (Å²) < 4.78 is 11.2. The van der Waals surface area contributed by atoms with Gasteiger partial charge in [0.15, 0.2) is 5.82 Å². The first-order valence-electron chi connectivity index (χ1n) is 9.26. The number of pyridine rings is 1. The minimum Gasteiger partial charge on any atom is -0.494 e. The summed E-state index contributed by atoms with van der Waals surface area (Å²) in [6, 6.07) is 6.06. The Kier molecular flexibility index (Phi) is 4.38. The fourth-order valence-electron chi connectivity index (χ4n) is 3.35. The van der Waals surface area contributed by atoms with Crippen LogP contribution in [0.15, 0.2) is 54.6 Å². The molecule has 0 fully saturated rings. The van der Waals surface area contributed by atoms with E-state index in [-0.39, 0.29) is 0 Å². The average molecular weight is 414 g/mol. The van der Waals surface area contributed by atoms with Crippen molar-refractivity contribution >= 4 is 16.9 Å². The molecule has 0 amide bonds. The summed E-state index contributed by atoms with van der Waals surface area (Å²) in [4.78, 5) is 5.64. The highest BCUT2D eigenvalue weighted by Gasteiger charge is 2.13. The predicted octanol–water partition coefficient (Wildman–Crippen LogP) is 3.61. The molecule has 0 radical (unpaired) electrons. The van der Waals surface area contributed by atoms with E-state index in [2.05, 4.69) is 33.1 Å². The monoisotopic (exact) mass is 414 g/mol. The van der Waals surface area contributed by atoms with Crippen LogP contribution in [0.3, 0.4) is 0 Å². The Balaban J connectivity index is 1.55. The van der Waals surface area contributed by atoms with Crippen molar-refractivity contribution in [3.63, 3.8) is 0 Å². The van der Waals surface area contributed by atoms with Crippen LogP contribution in [0.4, 0.5) is 0 Å². The zero-order valence-electron chi connectivity index (χ0n) is 16.7. The molecule has 0 bridgehead atoms. The van der Waals surface area contributed by atoms with Crippen molar-refractivity contribution in [1.29, 1.82) is 0 Å². The van der Waals surface area contributed by atoms with E-state index >= 15 is 0 Å². The maximum absolute atomic E-state index is 5.65. The lowest BCUT2D eigenvalue weighted by Crippen LogP contribution is -1.95. The number of fused-ring (bicyclic) bond motifs is 1. The van der Waals surface area contributed by atoms with Crippen molar-refractivity contribution < 1.29 is 4.74 Å². The first-order chi connectivity index (χ1) is 14.6. The molecule has 0 unspecified atom stereocenters. The Labute approximate surface area is 177 Å². The van der Waals surface area contributed by atoms with E-state index in [0.29, 0.717) is 5.75 Å². The van der Waals surface area contributed by atoms with Gasteiger partial charge in [0.1, 0.15) is 17.0 Å². The molecular formula is C22H18N6OS. The highest BCUT2D eigenvalue weighted by molar-refractivity contribution is 7.13. The molecule has 7 nitrogen and oxygen atoms in total. The average Bonchev–Trinajstić information content (AvgIpc) is 3.53. The fourth-order valence-corrected chi connectivity index (χ4v) is 4.11. The Morgan fingerprint density at radius 2 is 1.93 bits per heavy atom. The molecule has 0 aromatic carbocycles. The van der Waals surface area contributed by atoms with Crippen molar-refractivity contribution in [3.8, 4) is 39.4 Å². The zero-order chi connectivity index (χ0) is 20.7. The molecule has 0 saturated carbocycles. The molecule has 0 aliphatic heterocycles. The Hall–Kier alpha value is -3.83. The molecule has 5 aromatic rings. The second kappa shape index (κ2) is 7.21. The van der Waals surface area contributed by atoms with Gasteiger partial charge in [-0.1, -0.05) is 12.0 Å². The van der Waals surface area contributed by atoms with E-state index in [9.17, 15) is 0 Å². The number of hydrogen-bond acceptors (Lipinski definition) is 5. The lowest BCUT2D eigenvalue weighted by atomic mass is 10.1. The minimum atomic E-state index is 0.711.